The van der Waals surface area contributed by atoms with Crippen LogP contribution in [0, 0.1) is 0 Å². The van der Waals surface area contributed by atoms with Gasteiger partial charge in [0.15, 0.2) is 0 Å². The standard InChI is InChI=1S/C7H14N2O3S2/c8-7(13)5-14(10,11)9-6-2-1-3-12-4-6/h6,9H,1-5H2,(H2,8,13). The van der Waals surface area contributed by atoms with E-state index in [-0.39, 0.29) is 16.8 Å². The van der Waals surface area contributed by atoms with Gasteiger partial charge in [-0.3, -0.25) is 0 Å². The van der Waals surface area contributed by atoms with Crippen molar-refractivity contribution < 1.29 is 13.2 Å². The van der Waals surface area contributed by atoms with E-state index in [1.165, 1.54) is 0 Å². The Bertz CT molecular complexity index is 296. The third kappa shape index (κ3) is 4.32. The molecule has 1 atom stereocenters. The maximum absolute atomic E-state index is 11.4. The van der Waals surface area contributed by atoms with Crippen molar-refractivity contribution in [3.63, 3.8) is 0 Å². The van der Waals surface area contributed by atoms with Crippen LogP contribution in [0.5, 0.6) is 0 Å². The predicted molar refractivity (Wildman–Crippen MR) is 57.5 cm³/mol. The Kier molecular flexibility index (Phi) is 4.24. The van der Waals surface area contributed by atoms with Gasteiger partial charge in [-0.05, 0) is 12.8 Å². The van der Waals surface area contributed by atoms with E-state index in [9.17, 15) is 8.42 Å². The van der Waals surface area contributed by atoms with Crippen LogP contribution in [0.2, 0.25) is 0 Å². The summed E-state index contributed by atoms with van der Waals surface area (Å²) in [6.07, 6.45) is 1.68. The smallest absolute Gasteiger partial charge is 0.218 e. The molecule has 1 heterocycles. The van der Waals surface area contributed by atoms with E-state index in [4.69, 9.17) is 10.5 Å². The van der Waals surface area contributed by atoms with E-state index in [1.54, 1.807) is 0 Å². The lowest BCUT2D eigenvalue weighted by atomic mass is 10.1. The molecule has 1 unspecified atom stereocenters. The van der Waals surface area contributed by atoms with Gasteiger partial charge in [0, 0.05) is 12.6 Å². The number of hydrogen-bond donors (Lipinski definition) is 2. The van der Waals surface area contributed by atoms with Gasteiger partial charge in [-0.2, -0.15) is 0 Å². The molecular weight excluding hydrogens is 224 g/mol. The maximum atomic E-state index is 11.4. The van der Waals surface area contributed by atoms with Gasteiger partial charge in [-0.15, -0.1) is 0 Å². The van der Waals surface area contributed by atoms with Crippen molar-refractivity contribution in [2.45, 2.75) is 18.9 Å². The van der Waals surface area contributed by atoms with E-state index in [0.29, 0.717) is 13.2 Å². The second-order valence-electron chi connectivity index (χ2n) is 3.26. The lowest BCUT2D eigenvalue weighted by molar-refractivity contribution is 0.0774. The van der Waals surface area contributed by atoms with Gasteiger partial charge < -0.3 is 10.5 Å². The molecule has 3 N–H and O–H groups in total. The van der Waals surface area contributed by atoms with Gasteiger partial charge >= 0.3 is 0 Å². The minimum Gasteiger partial charge on any atom is -0.392 e. The van der Waals surface area contributed by atoms with Crippen LogP contribution < -0.4 is 10.5 Å². The molecule has 1 saturated heterocycles. The molecule has 5 nitrogen and oxygen atoms in total. The molecule has 0 aromatic carbocycles. The Morgan fingerprint density at radius 2 is 2.36 bits per heavy atom. The van der Waals surface area contributed by atoms with E-state index in [0.717, 1.165) is 12.8 Å². The highest BCUT2D eigenvalue weighted by Gasteiger charge is 2.20. The fraction of sp³-hybridized carbons (Fsp3) is 0.857. The van der Waals surface area contributed by atoms with Crippen molar-refractivity contribution in [1.82, 2.24) is 4.72 Å². The zero-order valence-electron chi connectivity index (χ0n) is 7.73. The van der Waals surface area contributed by atoms with Crippen LogP contribution in [0.3, 0.4) is 0 Å². The second kappa shape index (κ2) is 5.01. The Morgan fingerprint density at radius 3 is 2.86 bits per heavy atom. The quantitative estimate of drug-likeness (QED) is 0.637. The molecule has 0 amide bonds. The number of nitrogens with one attached hydrogen (secondary N) is 1. The number of rotatable bonds is 4. The van der Waals surface area contributed by atoms with Gasteiger partial charge in [0.1, 0.15) is 5.75 Å². The van der Waals surface area contributed by atoms with Gasteiger partial charge in [0.2, 0.25) is 10.0 Å². The molecule has 0 radical (unpaired) electrons. The molecule has 1 aliphatic heterocycles. The number of ether oxygens (including phenoxy) is 1. The fourth-order valence-electron chi connectivity index (χ4n) is 1.32. The van der Waals surface area contributed by atoms with E-state index in [1.807, 2.05) is 0 Å². The Hall–Kier alpha value is -0.240. The summed E-state index contributed by atoms with van der Waals surface area (Å²) in [7, 11) is -3.38. The molecule has 7 heteroatoms. The third-order valence-electron chi connectivity index (χ3n) is 1.84. The Balaban J connectivity index is 2.45. The highest BCUT2D eigenvalue weighted by Crippen LogP contribution is 2.06. The number of thiocarbonyl (C=S) groups is 1. The zero-order valence-corrected chi connectivity index (χ0v) is 9.36. The maximum Gasteiger partial charge on any atom is 0.218 e. The molecule has 0 aromatic heterocycles. The van der Waals surface area contributed by atoms with Crippen LogP contribution in [0.25, 0.3) is 0 Å². The first-order chi connectivity index (χ1) is 6.49. The zero-order chi connectivity index (χ0) is 10.6. The average Bonchev–Trinajstić information content (AvgIpc) is 2.02. The number of hydrogen-bond acceptors (Lipinski definition) is 4. The Labute approximate surface area is 89.0 Å². The van der Waals surface area contributed by atoms with E-state index >= 15 is 0 Å². The lowest BCUT2D eigenvalue weighted by Gasteiger charge is -2.22. The van der Waals surface area contributed by atoms with Crippen LogP contribution in [0.1, 0.15) is 12.8 Å². The van der Waals surface area contributed by atoms with Crippen LogP contribution in [0.15, 0.2) is 0 Å². The highest BCUT2D eigenvalue weighted by atomic mass is 32.2. The molecule has 82 valence electrons. The summed E-state index contributed by atoms with van der Waals surface area (Å²) in [4.78, 5) is -0.0192. The molecule has 0 bridgehead atoms. The monoisotopic (exact) mass is 238 g/mol. The van der Waals surface area contributed by atoms with Crippen molar-refractivity contribution in [3.8, 4) is 0 Å². The molecule has 0 aliphatic carbocycles. The molecule has 1 fully saturated rings. The highest BCUT2D eigenvalue weighted by molar-refractivity contribution is 7.92. The van der Waals surface area contributed by atoms with E-state index < -0.39 is 10.0 Å². The minimum atomic E-state index is -3.38. The summed E-state index contributed by atoms with van der Waals surface area (Å²) >= 11 is 4.54. The summed E-state index contributed by atoms with van der Waals surface area (Å²) in [5, 5.41) is 0. The summed E-state index contributed by atoms with van der Waals surface area (Å²) < 4.78 is 30.4. The molecule has 0 spiro atoms. The predicted octanol–water partition coefficient (Wildman–Crippen LogP) is -0.629. The van der Waals surface area contributed by atoms with Crippen LogP contribution >= 0.6 is 12.2 Å². The molecule has 0 saturated carbocycles. The van der Waals surface area contributed by atoms with Crippen molar-refractivity contribution >= 4 is 27.2 Å². The number of sulfonamides is 1. The summed E-state index contributed by atoms with van der Waals surface area (Å²) in [6.45, 7) is 1.13. The summed E-state index contributed by atoms with van der Waals surface area (Å²) in [5.41, 5.74) is 5.16. The molecule has 0 aromatic rings. The normalized spacial score (nSPS) is 23.3. The first kappa shape index (κ1) is 11.8. The van der Waals surface area contributed by atoms with Crippen LogP contribution in [-0.2, 0) is 14.8 Å². The van der Waals surface area contributed by atoms with Gasteiger partial charge in [0.25, 0.3) is 0 Å². The van der Waals surface area contributed by atoms with Crippen molar-refractivity contribution in [2.75, 3.05) is 19.0 Å². The lowest BCUT2D eigenvalue weighted by Crippen LogP contribution is -2.43. The Morgan fingerprint density at radius 1 is 1.64 bits per heavy atom. The average molecular weight is 238 g/mol. The molecule has 1 aliphatic rings. The van der Waals surface area contributed by atoms with Crippen LogP contribution in [-0.4, -0.2) is 38.4 Å². The fourth-order valence-corrected chi connectivity index (χ4v) is 2.93. The van der Waals surface area contributed by atoms with Crippen molar-refractivity contribution in [1.29, 1.82) is 0 Å². The minimum absolute atomic E-state index is 0.0192. The van der Waals surface area contributed by atoms with Crippen molar-refractivity contribution in [2.24, 2.45) is 5.73 Å². The molecular formula is C7H14N2O3S2. The van der Waals surface area contributed by atoms with Gasteiger partial charge in [-0.25, -0.2) is 13.1 Å². The number of nitrogens with two attached hydrogens (primary N) is 1. The van der Waals surface area contributed by atoms with Gasteiger partial charge in [-0.1, -0.05) is 12.2 Å². The summed E-state index contributed by atoms with van der Waals surface area (Å²) in [6, 6.07) is -0.136. The molecule has 14 heavy (non-hydrogen) atoms. The van der Waals surface area contributed by atoms with Crippen molar-refractivity contribution in [3.05, 3.63) is 0 Å². The molecule has 1 rings (SSSR count). The van der Waals surface area contributed by atoms with E-state index in [2.05, 4.69) is 16.9 Å². The third-order valence-corrected chi connectivity index (χ3v) is 3.55. The van der Waals surface area contributed by atoms with Gasteiger partial charge in [0.05, 0.1) is 11.6 Å². The van der Waals surface area contributed by atoms with Crippen LogP contribution in [0.4, 0.5) is 0 Å². The summed E-state index contributed by atoms with van der Waals surface area (Å²) in [5.74, 6) is -0.293. The SMILES string of the molecule is NC(=S)CS(=O)(=O)NC1CCCOC1. The largest absolute Gasteiger partial charge is 0.392 e. The first-order valence-corrected chi connectivity index (χ1v) is 6.42. The topological polar surface area (TPSA) is 81.4 Å². The second-order valence-corrected chi connectivity index (χ2v) is 5.54. The first-order valence-electron chi connectivity index (χ1n) is 4.36.